The molecule has 3 aromatic rings. The molecule has 35 heavy (non-hydrogen) atoms. The zero-order valence-corrected chi connectivity index (χ0v) is 21.7. The number of imidazole rings is 1. The van der Waals surface area contributed by atoms with Gasteiger partial charge in [0.05, 0.1) is 40.1 Å². The molecule has 0 spiro atoms. The van der Waals surface area contributed by atoms with Crippen molar-refractivity contribution in [3.05, 3.63) is 52.9 Å². The topological polar surface area (TPSA) is 135 Å². The average molecular weight is 544 g/mol. The molecular weight excluding hydrogens is 517 g/mol. The maximum absolute atomic E-state index is 12.5. The fraction of sp³-hybridized carbons (Fsp3) is 0.409. The van der Waals surface area contributed by atoms with E-state index in [1.54, 1.807) is 24.5 Å². The van der Waals surface area contributed by atoms with Crippen LogP contribution in [0, 0.1) is 5.41 Å². The third-order valence-electron chi connectivity index (χ3n) is 5.14. The number of hydrogen-bond acceptors (Lipinski definition) is 7. The number of rotatable bonds is 9. The van der Waals surface area contributed by atoms with Crippen LogP contribution in [-0.4, -0.2) is 59.5 Å². The van der Waals surface area contributed by atoms with Crippen LogP contribution in [0.2, 0.25) is 10.0 Å². The number of aliphatic hydroxyl groups is 1. The Labute approximate surface area is 213 Å². The number of carbonyl (C=O) groups is 1. The van der Waals surface area contributed by atoms with Gasteiger partial charge in [0, 0.05) is 24.7 Å². The van der Waals surface area contributed by atoms with Gasteiger partial charge in [-0.15, -0.1) is 0 Å². The quantitative estimate of drug-likeness (QED) is 0.377. The fourth-order valence-corrected chi connectivity index (χ4v) is 4.43. The standard InChI is InChI=1S/C22H27Cl2N5O5S/c1-22(2,3)19(12-29-13-27-17-8-15(23)16(24)9-18(17)29)34-21(31)26-10-14(30)11-28-35(32,33)20-6-4-5-7-25-20/h4-9,13-14,19,28,30H,10-12H2,1-3H3,(H,26,31)/t14-,19+/m0/s1. The van der Waals surface area contributed by atoms with E-state index in [1.807, 2.05) is 25.3 Å². The third kappa shape index (κ3) is 7.28. The molecule has 0 aliphatic rings. The predicted molar refractivity (Wildman–Crippen MR) is 133 cm³/mol. The van der Waals surface area contributed by atoms with Crippen molar-refractivity contribution in [1.82, 2.24) is 24.6 Å². The molecule has 0 radical (unpaired) electrons. The zero-order valence-electron chi connectivity index (χ0n) is 19.4. The van der Waals surface area contributed by atoms with Gasteiger partial charge in [-0.05, 0) is 24.3 Å². The Hall–Kier alpha value is -2.44. The summed E-state index contributed by atoms with van der Waals surface area (Å²) in [6.45, 7) is 5.55. The first-order valence-electron chi connectivity index (χ1n) is 10.7. The van der Waals surface area contributed by atoms with Crippen LogP contribution < -0.4 is 10.0 Å². The molecule has 13 heteroatoms. The van der Waals surface area contributed by atoms with Gasteiger partial charge in [-0.2, -0.15) is 0 Å². The first kappa shape index (κ1) is 27.2. The summed E-state index contributed by atoms with van der Waals surface area (Å²) < 4.78 is 34.1. The zero-order chi connectivity index (χ0) is 25.8. The lowest BCUT2D eigenvalue weighted by Crippen LogP contribution is -2.43. The number of halogens is 2. The van der Waals surface area contributed by atoms with E-state index < -0.39 is 33.7 Å². The van der Waals surface area contributed by atoms with E-state index in [1.165, 1.54) is 18.3 Å². The van der Waals surface area contributed by atoms with Crippen molar-refractivity contribution < 1.29 is 23.1 Å². The van der Waals surface area contributed by atoms with Crippen molar-refractivity contribution in [3.63, 3.8) is 0 Å². The second kappa shape index (κ2) is 11.1. The van der Waals surface area contributed by atoms with Gasteiger partial charge in [-0.3, -0.25) is 0 Å². The van der Waals surface area contributed by atoms with Gasteiger partial charge in [0.2, 0.25) is 0 Å². The summed E-state index contributed by atoms with van der Waals surface area (Å²) in [5.41, 5.74) is 0.974. The summed E-state index contributed by atoms with van der Waals surface area (Å²) in [7, 11) is -3.88. The number of amides is 1. The van der Waals surface area contributed by atoms with Crippen LogP contribution in [0.4, 0.5) is 4.79 Å². The summed E-state index contributed by atoms with van der Waals surface area (Å²) in [6.07, 6.45) is 0.481. The molecule has 1 aromatic carbocycles. The third-order valence-corrected chi connectivity index (χ3v) is 7.21. The molecule has 1 amide bonds. The number of sulfonamides is 1. The minimum atomic E-state index is -3.88. The van der Waals surface area contributed by atoms with Crippen LogP contribution in [0.1, 0.15) is 20.8 Å². The number of ether oxygens (including phenoxy) is 1. The molecule has 0 saturated carbocycles. The molecule has 0 unspecified atom stereocenters. The second-order valence-corrected chi connectivity index (χ2v) is 11.5. The van der Waals surface area contributed by atoms with E-state index in [9.17, 15) is 18.3 Å². The van der Waals surface area contributed by atoms with E-state index in [-0.39, 0.29) is 18.1 Å². The van der Waals surface area contributed by atoms with Crippen LogP contribution >= 0.6 is 23.2 Å². The van der Waals surface area contributed by atoms with Crippen LogP contribution in [0.5, 0.6) is 0 Å². The van der Waals surface area contributed by atoms with Gasteiger partial charge >= 0.3 is 6.09 Å². The highest BCUT2D eigenvalue weighted by atomic mass is 35.5. The maximum atomic E-state index is 12.5. The minimum absolute atomic E-state index is 0.164. The van der Waals surface area contributed by atoms with Gasteiger partial charge in [0.1, 0.15) is 6.10 Å². The number of carbonyl (C=O) groups excluding carboxylic acids is 1. The Balaban J connectivity index is 1.57. The molecule has 0 bridgehead atoms. The number of nitrogens with one attached hydrogen (secondary N) is 2. The molecule has 2 atom stereocenters. The molecule has 0 aliphatic heterocycles. The molecule has 2 aromatic heterocycles. The number of alkyl carbamates (subject to hydrolysis) is 1. The Kier molecular flexibility index (Phi) is 8.60. The highest BCUT2D eigenvalue weighted by molar-refractivity contribution is 7.89. The van der Waals surface area contributed by atoms with Crippen molar-refractivity contribution in [1.29, 1.82) is 0 Å². The maximum Gasteiger partial charge on any atom is 0.407 e. The minimum Gasteiger partial charge on any atom is -0.444 e. The van der Waals surface area contributed by atoms with Crippen LogP contribution in [0.3, 0.4) is 0 Å². The summed E-state index contributed by atoms with van der Waals surface area (Å²) in [5.74, 6) is 0. The van der Waals surface area contributed by atoms with Crippen molar-refractivity contribution in [3.8, 4) is 0 Å². The lowest BCUT2D eigenvalue weighted by molar-refractivity contribution is 0.0194. The Morgan fingerprint density at radius 3 is 2.54 bits per heavy atom. The van der Waals surface area contributed by atoms with E-state index in [0.717, 1.165) is 5.52 Å². The summed E-state index contributed by atoms with van der Waals surface area (Å²) in [6, 6.07) is 7.84. The van der Waals surface area contributed by atoms with E-state index >= 15 is 0 Å². The van der Waals surface area contributed by atoms with Crippen molar-refractivity contribution in [2.24, 2.45) is 5.41 Å². The van der Waals surface area contributed by atoms with Gasteiger partial charge in [-0.1, -0.05) is 50.0 Å². The van der Waals surface area contributed by atoms with Gasteiger partial charge in [0.15, 0.2) is 5.03 Å². The average Bonchev–Trinajstić information content (AvgIpc) is 3.17. The number of pyridine rings is 1. The van der Waals surface area contributed by atoms with Crippen LogP contribution in [-0.2, 0) is 21.3 Å². The second-order valence-electron chi connectivity index (χ2n) is 8.97. The Morgan fingerprint density at radius 2 is 1.89 bits per heavy atom. The SMILES string of the molecule is CC(C)(C)[C@@H](Cn1cnc2cc(Cl)c(Cl)cc21)OC(=O)NC[C@H](O)CNS(=O)(=O)c1ccccn1. The number of benzene rings is 1. The lowest BCUT2D eigenvalue weighted by atomic mass is 9.89. The monoisotopic (exact) mass is 543 g/mol. The highest BCUT2D eigenvalue weighted by Gasteiger charge is 2.30. The molecule has 3 rings (SSSR count). The largest absolute Gasteiger partial charge is 0.444 e. The Bertz CT molecular complexity index is 1280. The summed E-state index contributed by atoms with van der Waals surface area (Å²) >= 11 is 12.2. The van der Waals surface area contributed by atoms with Gasteiger partial charge in [0.25, 0.3) is 10.0 Å². The molecule has 0 fully saturated rings. The summed E-state index contributed by atoms with van der Waals surface area (Å²) in [5, 5.41) is 13.2. The lowest BCUT2D eigenvalue weighted by Gasteiger charge is -2.31. The number of aliphatic hydroxyl groups excluding tert-OH is 1. The van der Waals surface area contributed by atoms with Crippen molar-refractivity contribution in [2.45, 2.75) is 44.5 Å². The van der Waals surface area contributed by atoms with Crippen LogP contribution in [0.25, 0.3) is 11.0 Å². The normalized spacial score (nSPS) is 14.0. The summed E-state index contributed by atoms with van der Waals surface area (Å²) in [4.78, 5) is 20.6. The smallest absolute Gasteiger partial charge is 0.407 e. The van der Waals surface area contributed by atoms with Crippen molar-refractivity contribution in [2.75, 3.05) is 13.1 Å². The molecule has 190 valence electrons. The first-order valence-corrected chi connectivity index (χ1v) is 12.9. The number of nitrogens with zero attached hydrogens (tertiary/aromatic N) is 3. The van der Waals surface area contributed by atoms with E-state index in [2.05, 4.69) is 20.0 Å². The van der Waals surface area contributed by atoms with Crippen molar-refractivity contribution >= 4 is 50.4 Å². The number of aromatic nitrogens is 3. The molecule has 2 heterocycles. The molecule has 3 N–H and O–H groups in total. The molecule has 0 saturated heterocycles. The van der Waals surface area contributed by atoms with E-state index in [0.29, 0.717) is 22.1 Å². The molecule has 0 aliphatic carbocycles. The molecular formula is C22H27Cl2N5O5S. The first-order chi connectivity index (χ1) is 16.4. The van der Waals surface area contributed by atoms with E-state index in [4.69, 9.17) is 27.9 Å². The Morgan fingerprint density at radius 1 is 1.17 bits per heavy atom. The van der Waals surface area contributed by atoms with Gasteiger partial charge in [-0.25, -0.2) is 27.9 Å². The highest BCUT2D eigenvalue weighted by Crippen LogP contribution is 2.29. The van der Waals surface area contributed by atoms with Gasteiger partial charge < -0.3 is 19.7 Å². The number of hydrogen-bond donors (Lipinski definition) is 3. The fourth-order valence-electron chi connectivity index (χ4n) is 3.10. The number of fused-ring (bicyclic) bond motifs is 1. The molecule has 10 nitrogen and oxygen atoms in total. The van der Waals surface area contributed by atoms with Crippen LogP contribution in [0.15, 0.2) is 47.9 Å². The predicted octanol–water partition coefficient (Wildman–Crippen LogP) is 3.22.